The highest BCUT2D eigenvalue weighted by atomic mass is 19.3. The zero-order valence-corrected chi connectivity index (χ0v) is 19.4. The van der Waals surface area contributed by atoms with Gasteiger partial charge in [0.25, 0.3) is 5.91 Å². The highest BCUT2D eigenvalue weighted by Crippen LogP contribution is 2.24. The van der Waals surface area contributed by atoms with Crippen LogP contribution < -0.4 is 15.4 Å². The lowest BCUT2D eigenvalue weighted by Crippen LogP contribution is -2.29. The molecule has 0 saturated heterocycles. The summed E-state index contributed by atoms with van der Waals surface area (Å²) in [6.07, 6.45) is 2.31. The SMILES string of the molecule is Cc1noc(C)c1C(=O)NCC(O)c1ccc(Nc2ncc(-c3ccc(OC(F)F)cc3)cn2)cc1. The van der Waals surface area contributed by atoms with Gasteiger partial charge in [-0.15, -0.1) is 0 Å². The summed E-state index contributed by atoms with van der Waals surface area (Å²) in [6, 6.07) is 13.2. The fraction of sp³-hybridized carbons (Fsp3) is 0.200. The Kier molecular flexibility index (Phi) is 7.50. The third-order valence-electron chi connectivity index (χ3n) is 5.33. The van der Waals surface area contributed by atoms with E-state index in [-0.39, 0.29) is 18.2 Å². The van der Waals surface area contributed by atoms with Crippen molar-refractivity contribution in [2.75, 3.05) is 11.9 Å². The second-order valence-corrected chi connectivity index (χ2v) is 7.87. The monoisotopic (exact) mass is 495 g/mol. The summed E-state index contributed by atoms with van der Waals surface area (Å²) < 4.78 is 33.9. The number of aliphatic hydroxyl groups excluding tert-OH is 1. The second kappa shape index (κ2) is 10.9. The van der Waals surface area contributed by atoms with Crippen molar-refractivity contribution in [1.29, 1.82) is 0 Å². The largest absolute Gasteiger partial charge is 0.435 e. The number of alkyl halides is 2. The van der Waals surface area contributed by atoms with Crippen molar-refractivity contribution in [3.8, 4) is 16.9 Å². The number of nitrogens with one attached hydrogen (secondary N) is 2. The Morgan fingerprint density at radius 3 is 2.28 bits per heavy atom. The molecule has 0 radical (unpaired) electrons. The lowest BCUT2D eigenvalue weighted by molar-refractivity contribution is -0.0498. The molecule has 2 heterocycles. The molecule has 0 aliphatic heterocycles. The van der Waals surface area contributed by atoms with Gasteiger partial charge in [0.1, 0.15) is 17.1 Å². The number of carbonyl (C=O) groups excluding carboxylic acids is 1. The maximum Gasteiger partial charge on any atom is 0.387 e. The first-order chi connectivity index (χ1) is 17.3. The van der Waals surface area contributed by atoms with Gasteiger partial charge in [0.05, 0.1) is 11.8 Å². The van der Waals surface area contributed by atoms with Gasteiger partial charge >= 0.3 is 6.61 Å². The van der Waals surface area contributed by atoms with E-state index in [9.17, 15) is 18.7 Å². The van der Waals surface area contributed by atoms with Gasteiger partial charge in [0, 0.05) is 30.2 Å². The number of aryl methyl sites for hydroxylation is 2. The number of hydrogen-bond donors (Lipinski definition) is 3. The summed E-state index contributed by atoms with van der Waals surface area (Å²) in [5, 5.41) is 19.9. The number of amides is 1. The molecule has 0 spiro atoms. The number of rotatable bonds is 9. The molecular weight excluding hydrogens is 472 g/mol. The number of carbonyl (C=O) groups is 1. The number of nitrogens with zero attached hydrogens (tertiary/aromatic N) is 3. The summed E-state index contributed by atoms with van der Waals surface area (Å²) in [7, 11) is 0. The first-order valence-corrected chi connectivity index (χ1v) is 10.9. The van der Waals surface area contributed by atoms with Crippen molar-refractivity contribution in [2.45, 2.75) is 26.6 Å². The molecule has 9 nitrogen and oxygen atoms in total. The van der Waals surface area contributed by atoms with Gasteiger partial charge in [-0.2, -0.15) is 8.78 Å². The third-order valence-corrected chi connectivity index (χ3v) is 5.33. The number of halogens is 2. The minimum Gasteiger partial charge on any atom is -0.435 e. The van der Waals surface area contributed by atoms with Gasteiger partial charge in [-0.1, -0.05) is 29.4 Å². The highest BCUT2D eigenvalue weighted by molar-refractivity contribution is 5.96. The fourth-order valence-corrected chi connectivity index (χ4v) is 3.49. The lowest BCUT2D eigenvalue weighted by atomic mass is 10.1. The summed E-state index contributed by atoms with van der Waals surface area (Å²) in [4.78, 5) is 20.9. The molecule has 2 aromatic heterocycles. The van der Waals surface area contributed by atoms with E-state index < -0.39 is 12.7 Å². The van der Waals surface area contributed by atoms with E-state index >= 15 is 0 Å². The van der Waals surface area contributed by atoms with Crippen LogP contribution in [0.3, 0.4) is 0 Å². The normalized spacial score (nSPS) is 11.8. The highest BCUT2D eigenvalue weighted by Gasteiger charge is 2.18. The summed E-state index contributed by atoms with van der Waals surface area (Å²) in [6.45, 7) is 0.480. The van der Waals surface area contributed by atoms with Crippen LogP contribution in [-0.4, -0.2) is 39.3 Å². The van der Waals surface area contributed by atoms with Crippen molar-refractivity contribution in [1.82, 2.24) is 20.4 Å². The van der Waals surface area contributed by atoms with Crippen molar-refractivity contribution < 1.29 is 27.9 Å². The maximum absolute atomic E-state index is 12.3. The Hall–Kier alpha value is -4.38. The third kappa shape index (κ3) is 5.99. The fourth-order valence-electron chi connectivity index (χ4n) is 3.49. The molecule has 11 heteroatoms. The van der Waals surface area contributed by atoms with Crippen LogP contribution >= 0.6 is 0 Å². The van der Waals surface area contributed by atoms with Crippen LogP contribution in [0.5, 0.6) is 5.75 Å². The molecule has 1 atom stereocenters. The number of aliphatic hydroxyl groups is 1. The smallest absolute Gasteiger partial charge is 0.387 e. The van der Waals surface area contributed by atoms with Crippen LogP contribution in [-0.2, 0) is 0 Å². The predicted octanol–water partition coefficient (Wildman–Crippen LogP) is 4.56. The average molecular weight is 495 g/mol. The molecule has 0 bridgehead atoms. The number of hydrogen-bond acceptors (Lipinski definition) is 8. The van der Waals surface area contributed by atoms with E-state index in [0.717, 1.165) is 5.56 Å². The van der Waals surface area contributed by atoms with Crippen LogP contribution in [0.1, 0.15) is 33.5 Å². The predicted molar refractivity (Wildman–Crippen MR) is 127 cm³/mol. The van der Waals surface area contributed by atoms with Crippen LogP contribution in [0.25, 0.3) is 11.1 Å². The average Bonchev–Trinajstić information content (AvgIpc) is 3.21. The molecular formula is C25H23F2N5O4. The molecule has 1 amide bonds. The van der Waals surface area contributed by atoms with Crippen LogP contribution in [0.15, 0.2) is 65.4 Å². The second-order valence-electron chi connectivity index (χ2n) is 7.87. The van der Waals surface area contributed by atoms with Gasteiger partial charge in [-0.05, 0) is 49.2 Å². The number of ether oxygens (including phenoxy) is 1. The van der Waals surface area contributed by atoms with Crippen molar-refractivity contribution >= 4 is 17.5 Å². The minimum absolute atomic E-state index is 0.0233. The summed E-state index contributed by atoms with van der Waals surface area (Å²) >= 11 is 0. The van der Waals surface area contributed by atoms with Crippen LogP contribution in [0.2, 0.25) is 0 Å². The van der Waals surface area contributed by atoms with E-state index in [1.807, 2.05) is 0 Å². The van der Waals surface area contributed by atoms with Crippen molar-refractivity contribution in [2.24, 2.45) is 0 Å². The molecule has 186 valence electrons. The quantitative estimate of drug-likeness (QED) is 0.309. The first-order valence-electron chi connectivity index (χ1n) is 10.9. The van der Waals surface area contributed by atoms with E-state index in [4.69, 9.17) is 4.52 Å². The molecule has 0 aliphatic rings. The maximum atomic E-state index is 12.3. The Morgan fingerprint density at radius 2 is 1.69 bits per heavy atom. The zero-order chi connectivity index (χ0) is 25.7. The molecule has 4 rings (SSSR count). The van der Waals surface area contributed by atoms with Gasteiger partial charge in [0.15, 0.2) is 0 Å². The molecule has 0 fully saturated rings. The van der Waals surface area contributed by atoms with E-state index in [0.29, 0.717) is 39.8 Å². The molecule has 0 saturated carbocycles. The standard InChI is InChI=1S/C25H23F2N5O4/c1-14-22(15(2)36-32-14)23(34)28-13-21(33)17-3-7-19(8-4-17)31-25-29-11-18(12-30-25)16-5-9-20(10-6-16)35-24(26)27/h3-12,21,24,33H,13H2,1-2H3,(H,28,34)(H,29,30,31). The Balaban J connectivity index is 1.32. The Morgan fingerprint density at radius 1 is 1.03 bits per heavy atom. The first kappa shape index (κ1) is 24.7. The van der Waals surface area contributed by atoms with E-state index in [1.54, 1.807) is 62.6 Å². The topological polar surface area (TPSA) is 122 Å². The minimum atomic E-state index is -2.87. The van der Waals surface area contributed by atoms with Crippen LogP contribution in [0, 0.1) is 13.8 Å². The van der Waals surface area contributed by atoms with Crippen LogP contribution in [0.4, 0.5) is 20.4 Å². The van der Waals surface area contributed by atoms with Gasteiger partial charge in [-0.3, -0.25) is 4.79 Å². The van der Waals surface area contributed by atoms with Gasteiger partial charge in [0.2, 0.25) is 5.95 Å². The Bertz CT molecular complexity index is 1290. The Labute approximate surface area is 205 Å². The summed E-state index contributed by atoms with van der Waals surface area (Å²) in [5.41, 5.74) is 3.64. The van der Waals surface area contributed by atoms with Gasteiger partial charge in [-0.25, -0.2) is 9.97 Å². The molecule has 4 aromatic rings. The molecule has 3 N–H and O–H groups in total. The molecule has 0 aliphatic carbocycles. The van der Waals surface area contributed by atoms with Crippen molar-refractivity contribution in [3.05, 3.63) is 83.5 Å². The number of benzene rings is 2. The zero-order valence-electron chi connectivity index (χ0n) is 19.4. The van der Waals surface area contributed by atoms with E-state index in [2.05, 4.69) is 30.5 Å². The van der Waals surface area contributed by atoms with E-state index in [1.165, 1.54) is 12.1 Å². The molecule has 36 heavy (non-hydrogen) atoms. The van der Waals surface area contributed by atoms with Crippen molar-refractivity contribution in [3.63, 3.8) is 0 Å². The lowest BCUT2D eigenvalue weighted by Gasteiger charge is -2.13. The summed E-state index contributed by atoms with van der Waals surface area (Å²) in [5.74, 6) is 0.491. The molecule has 2 aromatic carbocycles. The number of aromatic nitrogens is 3. The number of anilines is 2. The molecule has 1 unspecified atom stereocenters. The van der Waals surface area contributed by atoms with Gasteiger partial charge < -0.3 is 25.0 Å².